The first-order chi connectivity index (χ1) is 22.4. The summed E-state index contributed by atoms with van der Waals surface area (Å²) < 4.78 is 46.2. The molecule has 2 fully saturated rings. The number of carbonyl (C=O) groups excluding carboxylic acids is 3. The highest BCUT2D eigenvalue weighted by atomic mass is 32.1. The number of nitrogens with one attached hydrogen (secondary N) is 1. The summed E-state index contributed by atoms with van der Waals surface area (Å²) in [4.78, 5) is 74.6. The van der Waals surface area contributed by atoms with Crippen molar-refractivity contribution in [3.8, 4) is 0 Å². The second-order valence-corrected chi connectivity index (χ2v) is 15.7. The fourth-order valence-corrected chi connectivity index (χ4v) is 7.37. The number of hydrogen-bond acceptors (Lipinski definition) is 7. The SMILES string of the molecule is CC(C)(C)[C@H](NC(=O)c1cc2cc(C(F)(F)P(=O)(O)O)ccc2s1)C(=O)N1CCC[C@H]1C(=O)N1CC(C(=O)O)OC(c2ccccc2)C1. The molecule has 2 unspecified atom stereocenters. The quantitative estimate of drug-likeness (QED) is 0.249. The van der Waals surface area contributed by atoms with Crippen LogP contribution in [0, 0.1) is 5.41 Å². The van der Waals surface area contributed by atoms with Crippen molar-refractivity contribution >= 4 is 52.7 Å². The number of thiophene rings is 1. The molecule has 48 heavy (non-hydrogen) atoms. The van der Waals surface area contributed by atoms with E-state index in [-0.39, 0.29) is 29.9 Å². The summed E-state index contributed by atoms with van der Waals surface area (Å²) in [6, 6.07) is 11.3. The molecule has 0 spiro atoms. The van der Waals surface area contributed by atoms with Crippen molar-refractivity contribution in [1.29, 1.82) is 0 Å². The zero-order chi connectivity index (χ0) is 35.2. The van der Waals surface area contributed by atoms with Gasteiger partial charge in [0.1, 0.15) is 18.2 Å². The number of rotatable bonds is 8. The number of fused-ring (bicyclic) bond motifs is 1. The van der Waals surface area contributed by atoms with Crippen LogP contribution in [0.3, 0.4) is 0 Å². The molecule has 2 aliphatic heterocycles. The van der Waals surface area contributed by atoms with Crippen molar-refractivity contribution in [1.82, 2.24) is 15.1 Å². The third-order valence-corrected chi connectivity index (χ3v) is 10.6. The van der Waals surface area contributed by atoms with Crippen LogP contribution < -0.4 is 5.32 Å². The molecule has 1 aromatic heterocycles. The summed E-state index contributed by atoms with van der Waals surface area (Å²) in [6.07, 6.45) is -1.09. The predicted molar refractivity (Wildman–Crippen MR) is 171 cm³/mol. The molecule has 258 valence electrons. The van der Waals surface area contributed by atoms with Crippen LogP contribution in [-0.2, 0) is 29.3 Å². The van der Waals surface area contributed by atoms with Gasteiger partial charge in [0.2, 0.25) is 11.8 Å². The molecule has 16 heteroatoms. The van der Waals surface area contributed by atoms with E-state index in [0.717, 1.165) is 23.5 Å². The van der Waals surface area contributed by atoms with E-state index in [1.54, 1.807) is 45.0 Å². The Morgan fingerprint density at radius 2 is 1.73 bits per heavy atom. The Hall–Kier alpha value is -3.75. The molecule has 2 saturated heterocycles. The number of carboxylic acid groups (broad SMARTS) is 1. The van der Waals surface area contributed by atoms with Gasteiger partial charge >= 0.3 is 19.2 Å². The molecule has 12 nitrogen and oxygen atoms in total. The van der Waals surface area contributed by atoms with Crippen molar-refractivity contribution in [2.45, 2.75) is 63.6 Å². The van der Waals surface area contributed by atoms with E-state index in [1.165, 1.54) is 21.9 Å². The van der Waals surface area contributed by atoms with Crippen LogP contribution >= 0.6 is 18.9 Å². The van der Waals surface area contributed by atoms with E-state index >= 15 is 0 Å². The van der Waals surface area contributed by atoms with Gasteiger partial charge in [-0.2, -0.15) is 8.78 Å². The first-order valence-corrected chi connectivity index (χ1v) is 17.6. The first-order valence-electron chi connectivity index (χ1n) is 15.2. The minimum atomic E-state index is -5.80. The molecular formula is C32H36F2N3O9PS. The normalized spacial score (nSPS) is 21.3. The zero-order valence-corrected chi connectivity index (χ0v) is 28.0. The molecule has 5 rings (SSSR count). The molecule has 0 radical (unpaired) electrons. The number of amides is 3. The van der Waals surface area contributed by atoms with Crippen LogP contribution in [0.4, 0.5) is 8.78 Å². The molecule has 3 heterocycles. The van der Waals surface area contributed by atoms with Crippen molar-refractivity contribution in [2.24, 2.45) is 5.41 Å². The van der Waals surface area contributed by atoms with Crippen LogP contribution in [0.5, 0.6) is 0 Å². The Morgan fingerprint density at radius 3 is 2.35 bits per heavy atom. The fraction of sp³-hybridized carbons (Fsp3) is 0.438. The van der Waals surface area contributed by atoms with E-state index in [9.17, 15) is 37.6 Å². The molecule has 3 aromatic rings. The third kappa shape index (κ3) is 7.15. The molecule has 4 atom stereocenters. The summed E-state index contributed by atoms with van der Waals surface area (Å²) in [7, 11) is -5.80. The van der Waals surface area contributed by atoms with Gasteiger partial charge in [-0.25, -0.2) is 4.79 Å². The highest BCUT2D eigenvalue weighted by Crippen LogP contribution is 2.59. The Bertz CT molecular complexity index is 1770. The summed E-state index contributed by atoms with van der Waals surface area (Å²) >= 11 is 0.957. The topological polar surface area (TPSA) is 174 Å². The zero-order valence-electron chi connectivity index (χ0n) is 26.3. The van der Waals surface area contributed by atoms with Crippen molar-refractivity contribution < 1.29 is 52.2 Å². The molecule has 4 N–H and O–H groups in total. The number of ether oxygens (including phenoxy) is 1. The number of alkyl halides is 2. The van der Waals surface area contributed by atoms with Crippen LogP contribution in [0.25, 0.3) is 10.1 Å². The van der Waals surface area contributed by atoms with E-state index in [4.69, 9.17) is 14.5 Å². The summed E-state index contributed by atoms with van der Waals surface area (Å²) in [5.41, 5.74) is -5.43. The number of hydrogen-bond donors (Lipinski definition) is 4. The highest BCUT2D eigenvalue weighted by Gasteiger charge is 2.50. The number of halogens is 2. The van der Waals surface area contributed by atoms with Gasteiger partial charge in [-0.3, -0.25) is 18.9 Å². The Morgan fingerprint density at radius 1 is 1.04 bits per heavy atom. The fourth-order valence-electron chi connectivity index (χ4n) is 5.95. The lowest BCUT2D eigenvalue weighted by Gasteiger charge is -2.40. The Balaban J connectivity index is 1.35. The number of carbonyl (C=O) groups is 4. The molecule has 2 aromatic carbocycles. The second-order valence-electron chi connectivity index (χ2n) is 13.0. The van der Waals surface area contributed by atoms with Crippen molar-refractivity contribution in [2.75, 3.05) is 19.6 Å². The van der Waals surface area contributed by atoms with Gasteiger partial charge in [-0.05, 0) is 47.4 Å². The number of carboxylic acids is 1. The van der Waals surface area contributed by atoms with Crippen LogP contribution in [-0.4, -0.2) is 86.2 Å². The number of benzene rings is 2. The summed E-state index contributed by atoms with van der Waals surface area (Å²) in [5, 5.41) is 12.7. The summed E-state index contributed by atoms with van der Waals surface area (Å²) in [5.74, 6) is -2.80. The molecule has 2 aliphatic rings. The maximum absolute atomic E-state index is 14.3. The van der Waals surface area contributed by atoms with Crippen LogP contribution in [0.15, 0.2) is 54.6 Å². The third-order valence-electron chi connectivity index (χ3n) is 8.52. The van der Waals surface area contributed by atoms with Crippen molar-refractivity contribution in [3.05, 3.63) is 70.6 Å². The standard InChI is InChI=1S/C32H36F2N3O9PS/c1-31(2,3)26(35-27(38)25-15-19-14-20(11-12-24(19)48-25)32(33,34)47(43,44)45)29(40)37-13-7-10-21(37)28(39)36-16-22(18-8-5-4-6-9-18)46-23(17-36)30(41)42/h4-6,8-9,11-12,14-15,21-23,26H,7,10,13,16-17H2,1-3H3,(H,35,38)(H,41,42)(H2,43,44,45)/t21-,22?,23?,26+/m0/s1. The van der Waals surface area contributed by atoms with E-state index < -0.39 is 72.2 Å². The highest BCUT2D eigenvalue weighted by molar-refractivity contribution is 7.52. The van der Waals surface area contributed by atoms with Gasteiger partial charge in [0, 0.05) is 16.8 Å². The van der Waals surface area contributed by atoms with E-state index in [0.29, 0.717) is 23.1 Å². The van der Waals surface area contributed by atoms with Gasteiger partial charge in [0.25, 0.3) is 5.91 Å². The monoisotopic (exact) mass is 707 g/mol. The lowest BCUT2D eigenvalue weighted by molar-refractivity contribution is -0.171. The average Bonchev–Trinajstić information content (AvgIpc) is 3.69. The lowest BCUT2D eigenvalue weighted by Crippen LogP contribution is -2.59. The van der Waals surface area contributed by atoms with Gasteiger partial charge in [-0.1, -0.05) is 57.2 Å². The minimum Gasteiger partial charge on any atom is -0.479 e. The number of likely N-dealkylation sites (tertiary alicyclic amines) is 1. The molecule has 3 amide bonds. The Kier molecular flexibility index (Phi) is 9.84. The largest absolute Gasteiger partial charge is 0.479 e. The maximum atomic E-state index is 14.3. The van der Waals surface area contributed by atoms with Gasteiger partial charge in [-0.15, -0.1) is 11.3 Å². The first kappa shape index (κ1) is 35.6. The minimum absolute atomic E-state index is 0.0812. The lowest BCUT2D eigenvalue weighted by atomic mass is 9.85. The van der Waals surface area contributed by atoms with E-state index in [1.807, 2.05) is 6.07 Å². The Labute approximate surface area is 278 Å². The molecule has 0 aliphatic carbocycles. The predicted octanol–water partition coefficient (Wildman–Crippen LogP) is 4.32. The maximum Gasteiger partial charge on any atom is 0.399 e. The van der Waals surface area contributed by atoms with Crippen LogP contribution in [0.1, 0.15) is 60.5 Å². The molecule has 0 saturated carbocycles. The van der Waals surface area contributed by atoms with Crippen molar-refractivity contribution in [3.63, 3.8) is 0 Å². The average molecular weight is 708 g/mol. The number of aliphatic carboxylic acids is 1. The van der Waals surface area contributed by atoms with Gasteiger partial charge < -0.3 is 34.7 Å². The molecule has 0 bridgehead atoms. The smallest absolute Gasteiger partial charge is 0.399 e. The molecular weight excluding hydrogens is 671 g/mol. The van der Waals surface area contributed by atoms with Crippen LogP contribution in [0.2, 0.25) is 0 Å². The van der Waals surface area contributed by atoms with E-state index in [2.05, 4.69) is 5.32 Å². The van der Waals surface area contributed by atoms with Gasteiger partial charge in [0.15, 0.2) is 6.10 Å². The number of morpholine rings is 1. The number of nitrogens with zero attached hydrogens (tertiary/aromatic N) is 2. The second kappa shape index (κ2) is 13.3. The summed E-state index contributed by atoms with van der Waals surface area (Å²) in [6.45, 7) is 5.38. The van der Waals surface area contributed by atoms with Gasteiger partial charge in [0.05, 0.1) is 18.0 Å².